The number of aliphatic hydroxyl groups excluding tert-OH is 1. The van der Waals surface area contributed by atoms with Gasteiger partial charge in [0.2, 0.25) is 0 Å². The first-order chi connectivity index (χ1) is 12.9. The van der Waals surface area contributed by atoms with Gasteiger partial charge in [-0.05, 0) is 37.6 Å². The largest absolute Gasteiger partial charge is 0.480 e. The Balaban J connectivity index is 0.000000694. The van der Waals surface area contributed by atoms with Crippen molar-refractivity contribution in [1.29, 1.82) is 0 Å². The number of benzene rings is 2. The molecule has 4 nitrogen and oxygen atoms in total. The zero-order chi connectivity index (χ0) is 20.3. The van der Waals surface area contributed by atoms with Crippen molar-refractivity contribution in [3.63, 3.8) is 0 Å². The van der Waals surface area contributed by atoms with Gasteiger partial charge in [0.15, 0.2) is 0 Å². The van der Waals surface area contributed by atoms with Crippen molar-refractivity contribution < 1.29 is 15.0 Å². The molecule has 0 radical (unpaired) electrons. The maximum Gasteiger partial charge on any atom is 0.318 e. The third-order valence-corrected chi connectivity index (χ3v) is 4.69. The molecule has 2 rings (SSSR count). The van der Waals surface area contributed by atoms with Crippen molar-refractivity contribution in [1.82, 2.24) is 4.90 Å². The fourth-order valence-corrected chi connectivity index (χ4v) is 3.15. The highest BCUT2D eigenvalue weighted by Crippen LogP contribution is 2.36. The summed E-state index contributed by atoms with van der Waals surface area (Å²) in [5, 5.41) is 18.8. The molecule has 0 saturated heterocycles. The summed E-state index contributed by atoms with van der Waals surface area (Å²) in [6.07, 6.45) is 1.73. The number of hydrogen-bond donors (Lipinski definition) is 2. The van der Waals surface area contributed by atoms with Crippen LogP contribution in [0.25, 0.3) is 0 Å². The maximum absolute atomic E-state index is 12.0. The van der Waals surface area contributed by atoms with Gasteiger partial charge in [0.25, 0.3) is 0 Å². The van der Waals surface area contributed by atoms with E-state index in [9.17, 15) is 9.90 Å². The van der Waals surface area contributed by atoms with E-state index in [0.29, 0.717) is 6.42 Å². The molecule has 28 heavy (non-hydrogen) atoms. The van der Waals surface area contributed by atoms with Crippen LogP contribution < -0.4 is 0 Å². The molecule has 0 aromatic heterocycles. The average molecular weight is 406 g/mol. The molecule has 0 aliphatic rings. The van der Waals surface area contributed by atoms with E-state index in [2.05, 4.69) is 6.58 Å². The van der Waals surface area contributed by atoms with Crippen LogP contribution in [0.15, 0.2) is 73.3 Å². The van der Waals surface area contributed by atoms with Gasteiger partial charge in [0.05, 0.1) is 0 Å². The first-order valence-corrected chi connectivity index (χ1v) is 9.31. The number of hydrogen-bond acceptors (Lipinski definition) is 3. The van der Waals surface area contributed by atoms with Gasteiger partial charge in [-0.3, -0.25) is 9.69 Å². The van der Waals surface area contributed by atoms with Crippen molar-refractivity contribution in [2.24, 2.45) is 0 Å². The summed E-state index contributed by atoms with van der Waals surface area (Å²) >= 11 is 0. The van der Waals surface area contributed by atoms with Crippen LogP contribution in [0, 0.1) is 0 Å². The summed E-state index contributed by atoms with van der Waals surface area (Å²) in [4.78, 5) is 13.9. The molecule has 2 aromatic rings. The van der Waals surface area contributed by atoms with E-state index >= 15 is 0 Å². The molecule has 0 bridgehead atoms. The molecule has 0 aliphatic carbocycles. The number of aliphatic hydroxyl groups is 1. The highest BCUT2D eigenvalue weighted by molar-refractivity contribution is 5.86. The summed E-state index contributed by atoms with van der Waals surface area (Å²) in [6.45, 7) is 11.4. The van der Waals surface area contributed by atoms with Gasteiger partial charge >= 0.3 is 5.97 Å². The topological polar surface area (TPSA) is 60.8 Å². The maximum atomic E-state index is 12.0. The molecular weight excluding hydrogens is 374 g/mol. The molecule has 154 valence electrons. The van der Waals surface area contributed by atoms with E-state index in [1.54, 1.807) is 13.0 Å². The van der Waals surface area contributed by atoms with Gasteiger partial charge < -0.3 is 10.2 Å². The fourth-order valence-electron chi connectivity index (χ4n) is 3.15. The number of halogens is 1. The molecule has 1 atom stereocenters. The van der Waals surface area contributed by atoms with Crippen molar-refractivity contribution >= 4 is 18.4 Å². The van der Waals surface area contributed by atoms with Gasteiger partial charge in [-0.2, -0.15) is 0 Å². The smallest absolute Gasteiger partial charge is 0.318 e. The molecule has 0 fully saturated rings. The summed E-state index contributed by atoms with van der Waals surface area (Å²) in [7, 11) is 0. The monoisotopic (exact) mass is 405 g/mol. The Morgan fingerprint density at radius 1 is 1.04 bits per heavy atom. The number of nitrogens with zero attached hydrogens (tertiary/aromatic N) is 1. The van der Waals surface area contributed by atoms with E-state index in [1.165, 1.54) is 0 Å². The summed E-state index contributed by atoms with van der Waals surface area (Å²) < 4.78 is 0. The molecule has 0 amide bonds. The molecular formula is C23H32ClNO3. The second-order valence-corrected chi connectivity index (χ2v) is 6.29. The van der Waals surface area contributed by atoms with Crippen LogP contribution in [0.4, 0.5) is 0 Å². The van der Waals surface area contributed by atoms with E-state index in [1.807, 2.05) is 79.4 Å². The molecule has 0 saturated carbocycles. The van der Waals surface area contributed by atoms with Crippen LogP contribution in [0.2, 0.25) is 0 Å². The Morgan fingerprint density at radius 2 is 1.43 bits per heavy atom. The fraction of sp³-hybridized carbons (Fsp3) is 0.348. The van der Waals surface area contributed by atoms with Crippen molar-refractivity contribution in [3.8, 4) is 0 Å². The van der Waals surface area contributed by atoms with Crippen molar-refractivity contribution in [2.45, 2.75) is 38.8 Å². The molecule has 2 N–H and O–H groups in total. The lowest BCUT2D eigenvalue weighted by atomic mass is 9.72. The number of rotatable bonds is 8. The molecule has 5 heteroatoms. The zero-order valence-electron chi connectivity index (χ0n) is 16.9. The predicted octanol–water partition coefficient (Wildman–Crippen LogP) is 4.72. The quantitative estimate of drug-likeness (QED) is 0.492. The normalized spacial score (nSPS) is 11.6. The van der Waals surface area contributed by atoms with Gasteiger partial charge in [-0.25, -0.2) is 0 Å². The molecule has 0 aliphatic heterocycles. The Morgan fingerprint density at radius 3 is 1.64 bits per heavy atom. The number of aliphatic carboxylic acids is 1. The molecule has 1 unspecified atom stereocenters. The van der Waals surface area contributed by atoms with Gasteiger partial charge in [-0.1, -0.05) is 80.6 Å². The van der Waals surface area contributed by atoms with Crippen LogP contribution in [0.1, 0.15) is 38.3 Å². The number of carboxylic acids is 1. The highest BCUT2D eigenvalue weighted by atomic mass is 35.5. The summed E-state index contributed by atoms with van der Waals surface area (Å²) in [6, 6.07) is 18.6. The second-order valence-electron chi connectivity index (χ2n) is 6.29. The molecule has 0 spiro atoms. The highest BCUT2D eigenvalue weighted by Gasteiger charge is 2.40. The van der Waals surface area contributed by atoms with Crippen LogP contribution in [-0.4, -0.2) is 40.4 Å². The van der Waals surface area contributed by atoms with Gasteiger partial charge in [-0.15, -0.1) is 19.0 Å². The Kier molecular flexibility index (Phi) is 12.1. The number of allylic oxidation sites excluding steroid dienone is 1. The van der Waals surface area contributed by atoms with Crippen molar-refractivity contribution in [3.05, 3.63) is 84.4 Å². The Bertz CT molecular complexity index is 646. The lowest BCUT2D eigenvalue weighted by Gasteiger charge is -2.29. The van der Waals surface area contributed by atoms with E-state index in [-0.39, 0.29) is 18.6 Å². The molecule has 0 heterocycles. The van der Waals surface area contributed by atoms with Crippen LogP contribution >= 0.6 is 12.4 Å². The Hall–Kier alpha value is -2.14. The third kappa shape index (κ3) is 6.48. The number of carbonyl (C=O) groups is 1. The summed E-state index contributed by atoms with van der Waals surface area (Å²) in [5.41, 5.74) is 0.478. The molecule has 2 aromatic carbocycles. The van der Waals surface area contributed by atoms with Crippen LogP contribution in [0.5, 0.6) is 0 Å². The average Bonchev–Trinajstić information content (AvgIpc) is 2.68. The zero-order valence-corrected chi connectivity index (χ0v) is 17.7. The minimum Gasteiger partial charge on any atom is -0.480 e. The van der Waals surface area contributed by atoms with Crippen LogP contribution in [-0.2, 0) is 10.2 Å². The van der Waals surface area contributed by atoms with Crippen molar-refractivity contribution in [2.75, 3.05) is 13.1 Å². The SMILES string of the molecule is C=CCC(C(=O)O)(c1ccccc1)c1ccccc1.CCN(CC)C(C)O.Cl. The minimum absolute atomic E-state index is 0. The lowest BCUT2D eigenvalue weighted by molar-refractivity contribution is -0.142. The van der Waals surface area contributed by atoms with E-state index < -0.39 is 11.4 Å². The van der Waals surface area contributed by atoms with Gasteiger partial charge in [0.1, 0.15) is 11.6 Å². The van der Waals surface area contributed by atoms with Crippen LogP contribution in [0.3, 0.4) is 0 Å². The minimum atomic E-state index is -1.07. The standard InChI is InChI=1S/C17H16O2.C6H15NO.ClH/c1-2-13-17(16(18)19,14-9-5-3-6-10-14)15-11-7-4-8-12-15;1-4-7(5-2)6(3)8;/h2-12H,1,13H2,(H,18,19);6,8H,4-5H2,1-3H3;1H. The number of carboxylic acid groups (broad SMARTS) is 1. The first-order valence-electron chi connectivity index (χ1n) is 9.31. The van der Waals surface area contributed by atoms with E-state index in [4.69, 9.17) is 5.11 Å². The predicted molar refractivity (Wildman–Crippen MR) is 118 cm³/mol. The second kappa shape index (κ2) is 13.1. The summed E-state index contributed by atoms with van der Waals surface area (Å²) in [5.74, 6) is -0.857. The van der Waals surface area contributed by atoms with Gasteiger partial charge in [0, 0.05) is 0 Å². The third-order valence-electron chi connectivity index (χ3n) is 4.69. The first kappa shape index (κ1) is 25.9. The van der Waals surface area contributed by atoms with E-state index in [0.717, 1.165) is 24.2 Å². The lowest BCUT2D eigenvalue weighted by Crippen LogP contribution is -2.36. The Labute approximate surface area is 174 Å².